The maximum absolute atomic E-state index is 13.1. The number of thiazole rings is 1. The number of ether oxygens (including phenoxy) is 1. The Labute approximate surface area is 160 Å². The van der Waals surface area contributed by atoms with Gasteiger partial charge in [-0.2, -0.15) is 0 Å². The summed E-state index contributed by atoms with van der Waals surface area (Å²) in [7, 11) is 1.60. The molecular weight excluding hydrogens is 362 g/mol. The van der Waals surface area contributed by atoms with Gasteiger partial charge in [0.15, 0.2) is 4.96 Å². The van der Waals surface area contributed by atoms with E-state index < -0.39 is 0 Å². The van der Waals surface area contributed by atoms with Gasteiger partial charge in [0.05, 0.1) is 12.8 Å². The maximum Gasteiger partial charge on any atom is 0.271 e. The zero-order valence-electron chi connectivity index (χ0n) is 15.1. The van der Waals surface area contributed by atoms with Gasteiger partial charge in [-0.25, -0.2) is 4.98 Å². The molecule has 0 bridgehead atoms. The van der Waals surface area contributed by atoms with Crippen molar-refractivity contribution >= 4 is 22.2 Å². The average molecular weight is 383 g/mol. The molecule has 1 aliphatic rings. The Hall–Kier alpha value is -2.67. The quantitative estimate of drug-likeness (QED) is 0.748. The summed E-state index contributed by atoms with van der Waals surface area (Å²) >= 11 is 1.37. The smallest absolute Gasteiger partial charge is 0.271 e. The minimum absolute atomic E-state index is 0.0839. The van der Waals surface area contributed by atoms with E-state index in [1.165, 1.54) is 28.4 Å². The van der Waals surface area contributed by atoms with E-state index in [4.69, 9.17) is 4.74 Å². The van der Waals surface area contributed by atoms with Gasteiger partial charge in [-0.3, -0.25) is 14.0 Å². The predicted octanol–water partition coefficient (Wildman–Crippen LogP) is 3.49. The number of hydrogen-bond donors (Lipinski definition) is 1. The lowest BCUT2D eigenvalue weighted by molar-refractivity contribution is 0.0925. The number of amides is 1. The topological polar surface area (TPSA) is 72.7 Å². The van der Waals surface area contributed by atoms with Crippen LogP contribution in [-0.2, 0) is 0 Å². The van der Waals surface area contributed by atoms with Crippen molar-refractivity contribution in [2.75, 3.05) is 7.11 Å². The Balaban J connectivity index is 1.72. The third-order valence-electron chi connectivity index (χ3n) is 5.00. The second-order valence-electron chi connectivity index (χ2n) is 6.76. The van der Waals surface area contributed by atoms with Gasteiger partial charge in [-0.15, -0.1) is 11.3 Å². The van der Waals surface area contributed by atoms with Crippen molar-refractivity contribution in [2.24, 2.45) is 0 Å². The van der Waals surface area contributed by atoms with Crippen molar-refractivity contribution < 1.29 is 9.53 Å². The van der Waals surface area contributed by atoms with Crippen molar-refractivity contribution in [1.29, 1.82) is 0 Å². The number of methoxy groups -OCH3 is 1. The van der Waals surface area contributed by atoms with Crippen LogP contribution >= 0.6 is 11.3 Å². The van der Waals surface area contributed by atoms with E-state index in [9.17, 15) is 9.59 Å². The van der Waals surface area contributed by atoms with Gasteiger partial charge in [0.25, 0.3) is 11.5 Å². The molecule has 140 valence electrons. The number of benzene rings is 1. The highest BCUT2D eigenvalue weighted by molar-refractivity contribution is 7.15. The van der Waals surface area contributed by atoms with Gasteiger partial charge in [0, 0.05) is 23.2 Å². The van der Waals surface area contributed by atoms with Crippen LogP contribution in [0.2, 0.25) is 0 Å². The number of hydrogen-bond acceptors (Lipinski definition) is 5. The molecule has 0 atom stereocenters. The van der Waals surface area contributed by atoms with E-state index in [0.29, 0.717) is 16.4 Å². The van der Waals surface area contributed by atoms with Crippen molar-refractivity contribution in [3.8, 4) is 17.0 Å². The number of carbonyl (C=O) groups excluding carboxylic acids is 1. The van der Waals surface area contributed by atoms with E-state index in [1.54, 1.807) is 7.11 Å². The zero-order chi connectivity index (χ0) is 18.8. The van der Waals surface area contributed by atoms with Gasteiger partial charge in [0.1, 0.15) is 11.3 Å². The first-order valence-corrected chi connectivity index (χ1v) is 10.00. The largest absolute Gasteiger partial charge is 0.497 e. The number of fused-ring (bicyclic) bond motifs is 1. The Morgan fingerprint density at radius 3 is 2.89 bits per heavy atom. The van der Waals surface area contributed by atoms with E-state index in [0.717, 1.165) is 31.2 Å². The lowest BCUT2D eigenvalue weighted by atomic mass is 9.95. The van der Waals surface area contributed by atoms with Gasteiger partial charge in [-0.1, -0.05) is 31.4 Å². The van der Waals surface area contributed by atoms with Crippen LogP contribution < -0.4 is 15.6 Å². The fourth-order valence-electron chi connectivity index (χ4n) is 3.54. The molecule has 1 fully saturated rings. The molecule has 4 rings (SSSR count). The third kappa shape index (κ3) is 3.47. The van der Waals surface area contributed by atoms with Gasteiger partial charge in [0.2, 0.25) is 0 Å². The summed E-state index contributed by atoms with van der Waals surface area (Å²) in [4.78, 5) is 30.6. The summed E-state index contributed by atoms with van der Waals surface area (Å²) in [6.07, 6.45) is 6.77. The Bertz CT molecular complexity index is 1030. The highest BCUT2D eigenvalue weighted by Crippen LogP contribution is 2.27. The number of carbonyl (C=O) groups is 1. The second kappa shape index (κ2) is 7.52. The normalized spacial score (nSPS) is 15.0. The Kier molecular flexibility index (Phi) is 4.94. The molecule has 27 heavy (non-hydrogen) atoms. The van der Waals surface area contributed by atoms with Crippen molar-refractivity contribution in [1.82, 2.24) is 14.7 Å². The summed E-state index contributed by atoms with van der Waals surface area (Å²) < 4.78 is 6.79. The van der Waals surface area contributed by atoms with E-state index in [1.807, 2.05) is 29.6 Å². The van der Waals surface area contributed by atoms with Crippen LogP contribution in [0.5, 0.6) is 5.75 Å². The fraction of sp³-hybridized carbons (Fsp3) is 0.350. The molecule has 0 unspecified atom stereocenters. The summed E-state index contributed by atoms with van der Waals surface area (Å²) in [5.41, 5.74) is 1.29. The lowest BCUT2D eigenvalue weighted by Crippen LogP contribution is -2.39. The molecule has 1 saturated carbocycles. The monoisotopic (exact) mass is 383 g/mol. The standard InChI is InChI=1S/C20H21N3O3S/c1-26-15-9-5-6-13(10-15)17-12-27-20-21-11-16(19(25)23(17)20)18(24)22-14-7-3-2-4-8-14/h5-6,9-12,14H,2-4,7-8H2,1H3,(H,22,24). The minimum atomic E-state index is -0.340. The molecular formula is C20H21N3O3S. The SMILES string of the molecule is COc1cccc(-c2csc3ncc(C(=O)NC4CCCCC4)c(=O)n23)c1. The molecule has 3 aromatic rings. The number of nitrogens with one attached hydrogen (secondary N) is 1. The molecule has 0 saturated heterocycles. The minimum Gasteiger partial charge on any atom is -0.497 e. The van der Waals surface area contributed by atoms with E-state index in [-0.39, 0.29) is 23.1 Å². The Morgan fingerprint density at radius 1 is 1.30 bits per heavy atom. The van der Waals surface area contributed by atoms with Crippen LogP contribution in [0.25, 0.3) is 16.2 Å². The molecule has 1 aliphatic carbocycles. The van der Waals surface area contributed by atoms with E-state index >= 15 is 0 Å². The van der Waals surface area contributed by atoms with Crippen molar-refractivity contribution in [2.45, 2.75) is 38.1 Å². The van der Waals surface area contributed by atoms with Crippen LogP contribution in [0, 0.1) is 0 Å². The molecule has 2 heterocycles. The van der Waals surface area contributed by atoms with Gasteiger partial charge >= 0.3 is 0 Å². The lowest BCUT2D eigenvalue weighted by Gasteiger charge is -2.22. The Morgan fingerprint density at radius 2 is 2.11 bits per heavy atom. The van der Waals surface area contributed by atoms with Crippen LogP contribution in [0.3, 0.4) is 0 Å². The molecule has 0 radical (unpaired) electrons. The summed E-state index contributed by atoms with van der Waals surface area (Å²) in [5, 5.41) is 4.88. The van der Waals surface area contributed by atoms with Crippen LogP contribution in [-0.4, -0.2) is 28.4 Å². The zero-order valence-corrected chi connectivity index (χ0v) is 15.9. The van der Waals surface area contributed by atoms with Crippen LogP contribution in [0.15, 0.2) is 40.6 Å². The molecule has 1 aromatic carbocycles. The molecule has 6 nitrogen and oxygen atoms in total. The van der Waals surface area contributed by atoms with Crippen LogP contribution in [0.1, 0.15) is 42.5 Å². The van der Waals surface area contributed by atoms with Gasteiger partial charge < -0.3 is 10.1 Å². The molecule has 7 heteroatoms. The fourth-order valence-corrected chi connectivity index (χ4v) is 4.40. The first-order chi connectivity index (χ1) is 13.2. The van der Waals surface area contributed by atoms with Gasteiger partial charge in [-0.05, 0) is 25.0 Å². The molecule has 1 N–H and O–H groups in total. The summed E-state index contributed by atoms with van der Waals surface area (Å²) in [6, 6.07) is 7.64. The maximum atomic E-state index is 13.1. The van der Waals surface area contributed by atoms with E-state index in [2.05, 4.69) is 10.3 Å². The number of rotatable bonds is 4. The summed E-state index contributed by atoms with van der Waals surface area (Å²) in [5.74, 6) is 0.371. The molecule has 1 amide bonds. The highest BCUT2D eigenvalue weighted by Gasteiger charge is 2.21. The molecule has 0 spiro atoms. The molecule has 0 aliphatic heterocycles. The van der Waals surface area contributed by atoms with Crippen molar-refractivity contribution in [3.05, 3.63) is 51.8 Å². The first-order valence-electron chi connectivity index (χ1n) is 9.12. The average Bonchev–Trinajstić information content (AvgIpc) is 3.14. The van der Waals surface area contributed by atoms with Crippen LogP contribution in [0.4, 0.5) is 0 Å². The second-order valence-corrected chi connectivity index (χ2v) is 7.59. The number of nitrogens with zero attached hydrogens (tertiary/aromatic N) is 2. The number of aromatic nitrogens is 2. The molecule has 2 aromatic heterocycles. The highest BCUT2D eigenvalue weighted by atomic mass is 32.1. The first kappa shape index (κ1) is 17.7. The third-order valence-corrected chi connectivity index (χ3v) is 5.84. The summed E-state index contributed by atoms with van der Waals surface area (Å²) in [6.45, 7) is 0. The predicted molar refractivity (Wildman–Crippen MR) is 106 cm³/mol. The van der Waals surface area contributed by atoms with Crippen molar-refractivity contribution in [3.63, 3.8) is 0 Å².